The second-order valence-electron chi connectivity index (χ2n) is 2.50. The van der Waals surface area contributed by atoms with Crippen molar-refractivity contribution in [2.45, 2.75) is 19.4 Å². The molecule has 0 aromatic rings. The fourth-order valence-electron chi connectivity index (χ4n) is 1.02. The molecule has 0 aromatic carbocycles. The first kappa shape index (κ1) is 7.28. The molecule has 1 unspecified atom stereocenters. The van der Waals surface area contributed by atoms with Crippen molar-refractivity contribution in [3.63, 3.8) is 0 Å². The van der Waals surface area contributed by atoms with E-state index in [1.165, 1.54) is 0 Å². The number of nitrogens with zero attached hydrogens (tertiary/aromatic N) is 1. The van der Waals surface area contributed by atoms with Gasteiger partial charge in [0, 0.05) is 18.2 Å². The molecule has 0 bridgehead atoms. The van der Waals surface area contributed by atoms with Crippen molar-refractivity contribution in [2.24, 2.45) is 16.5 Å². The van der Waals surface area contributed by atoms with Crippen molar-refractivity contribution < 1.29 is 0 Å². The van der Waals surface area contributed by atoms with Crippen molar-refractivity contribution in [3.8, 4) is 0 Å². The van der Waals surface area contributed by atoms with Gasteiger partial charge in [-0.3, -0.25) is 4.99 Å². The fourth-order valence-corrected chi connectivity index (χ4v) is 1.02. The molecule has 10 heavy (non-hydrogen) atoms. The van der Waals surface area contributed by atoms with Gasteiger partial charge >= 0.3 is 0 Å². The van der Waals surface area contributed by atoms with Crippen LogP contribution in [0, 0.1) is 0 Å². The Bertz CT molecular complexity index is 179. The van der Waals surface area contributed by atoms with Crippen LogP contribution >= 0.6 is 0 Å². The third-order valence-electron chi connectivity index (χ3n) is 1.56. The predicted molar refractivity (Wildman–Crippen MR) is 42.8 cm³/mol. The molecule has 3 nitrogen and oxygen atoms in total. The molecule has 1 aliphatic heterocycles. The van der Waals surface area contributed by atoms with Gasteiger partial charge in [0.05, 0.1) is 0 Å². The summed E-state index contributed by atoms with van der Waals surface area (Å²) in [6, 6.07) is 0.0176. The molecule has 56 valence electrons. The highest BCUT2D eigenvalue weighted by molar-refractivity contribution is 5.98. The summed E-state index contributed by atoms with van der Waals surface area (Å²) in [6.07, 6.45) is 3.03. The first-order valence-electron chi connectivity index (χ1n) is 3.47. The van der Waals surface area contributed by atoms with Gasteiger partial charge < -0.3 is 11.5 Å². The van der Waals surface area contributed by atoms with Crippen molar-refractivity contribution in [1.29, 1.82) is 0 Å². The number of rotatable bonds is 1. The Labute approximate surface area is 60.8 Å². The van der Waals surface area contributed by atoms with Crippen LogP contribution in [0.25, 0.3) is 0 Å². The summed E-state index contributed by atoms with van der Waals surface area (Å²) in [5.74, 6) is 0.612. The van der Waals surface area contributed by atoms with E-state index < -0.39 is 0 Å². The van der Waals surface area contributed by atoms with E-state index >= 15 is 0 Å². The summed E-state index contributed by atoms with van der Waals surface area (Å²) in [6.45, 7) is 2.72. The third-order valence-corrected chi connectivity index (χ3v) is 1.56. The lowest BCUT2D eigenvalue weighted by Gasteiger charge is -2.13. The molecule has 0 amide bonds. The fraction of sp³-hybridized carbons (Fsp3) is 0.571. The van der Waals surface area contributed by atoms with Crippen molar-refractivity contribution in [3.05, 3.63) is 11.6 Å². The second-order valence-corrected chi connectivity index (χ2v) is 2.50. The average Bonchev–Trinajstić information content (AvgIpc) is 1.88. The highest BCUT2D eigenvalue weighted by Gasteiger charge is 2.09. The maximum Gasteiger partial charge on any atom is 0.122 e. The van der Waals surface area contributed by atoms with Gasteiger partial charge in [0.15, 0.2) is 0 Å². The molecule has 3 heteroatoms. The Morgan fingerprint density at radius 3 is 2.80 bits per heavy atom. The Kier molecular flexibility index (Phi) is 2.06. The third kappa shape index (κ3) is 1.36. The minimum absolute atomic E-state index is 0.0176. The number of amidine groups is 1. The van der Waals surface area contributed by atoms with Crippen LogP contribution in [0.2, 0.25) is 0 Å². The van der Waals surface area contributed by atoms with Crippen molar-refractivity contribution in [1.82, 2.24) is 0 Å². The molecule has 1 rings (SSSR count). The van der Waals surface area contributed by atoms with Gasteiger partial charge in [0.1, 0.15) is 5.84 Å². The molecule has 0 aliphatic carbocycles. The first-order chi connectivity index (χ1) is 4.72. The zero-order chi connectivity index (χ0) is 7.56. The smallest absolute Gasteiger partial charge is 0.122 e. The monoisotopic (exact) mass is 139 g/mol. The van der Waals surface area contributed by atoms with E-state index in [0.29, 0.717) is 5.84 Å². The van der Waals surface area contributed by atoms with E-state index in [2.05, 4.69) is 11.1 Å². The first-order valence-corrected chi connectivity index (χ1v) is 3.47. The lowest BCUT2D eigenvalue weighted by Crippen LogP contribution is -2.30. The van der Waals surface area contributed by atoms with Gasteiger partial charge in [-0.05, 0) is 13.3 Å². The molecular weight excluding hydrogens is 126 g/mol. The van der Waals surface area contributed by atoms with Gasteiger partial charge in [-0.2, -0.15) is 0 Å². The zero-order valence-corrected chi connectivity index (χ0v) is 6.17. The van der Waals surface area contributed by atoms with Gasteiger partial charge in [0.25, 0.3) is 0 Å². The molecule has 1 aliphatic rings. The van der Waals surface area contributed by atoms with E-state index in [1.54, 1.807) is 0 Å². The SMILES string of the molecule is CC(N)C1=CCCN=C1N. The number of dihydropyridines is 1. The van der Waals surface area contributed by atoms with Gasteiger partial charge in [-0.15, -0.1) is 0 Å². The summed E-state index contributed by atoms with van der Waals surface area (Å²) in [4.78, 5) is 4.08. The summed E-state index contributed by atoms with van der Waals surface area (Å²) in [5, 5.41) is 0. The molecule has 0 spiro atoms. The van der Waals surface area contributed by atoms with E-state index in [4.69, 9.17) is 11.5 Å². The normalized spacial score (nSPS) is 21.4. The number of hydrogen-bond acceptors (Lipinski definition) is 3. The van der Waals surface area contributed by atoms with Crippen LogP contribution in [0.5, 0.6) is 0 Å². The van der Waals surface area contributed by atoms with Crippen LogP contribution < -0.4 is 11.5 Å². The summed E-state index contributed by atoms with van der Waals surface area (Å²) < 4.78 is 0. The standard InChI is InChI=1S/C7H13N3/c1-5(8)6-3-2-4-10-7(6)9/h3,5H,2,4,8H2,1H3,(H2,9,10). The lowest BCUT2D eigenvalue weighted by molar-refractivity contribution is 0.856. The van der Waals surface area contributed by atoms with Crippen LogP contribution in [0.4, 0.5) is 0 Å². The summed E-state index contributed by atoms with van der Waals surface area (Å²) >= 11 is 0. The minimum Gasteiger partial charge on any atom is -0.384 e. The van der Waals surface area contributed by atoms with Crippen molar-refractivity contribution >= 4 is 5.84 Å². The number of hydrogen-bond donors (Lipinski definition) is 2. The second kappa shape index (κ2) is 2.84. The van der Waals surface area contributed by atoms with Crippen LogP contribution in [0.1, 0.15) is 13.3 Å². The number of nitrogens with two attached hydrogens (primary N) is 2. The van der Waals surface area contributed by atoms with E-state index in [1.807, 2.05) is 6.92 Å². The molecule has 0 saturated carbocycles. The Balaban J connectivity index is 2.74. The summed E-state index contributed by atoms with van der Waals surface area (Å²) in [5.41, 5.74) is 12.2. The maximum atomic E-state index is 5.63. The molecule has 0 aromatic heterocycles. The van der Waals surface area contributed by atoms with Crippen LogP contribution in [0.15, 0.2) is 16.6 Å². The van der Waals surface area contributed by atoms with Gasteiger partial charge in [-0.25, -0.2) is 0 Å². The molecule has 1 atom stereocenters. The van der Waals surface area contributed by atoms with Crippen LogP contribution in [-0.4, -0.2) is 18.4 Å². The van der Waals surface area contributed by atoms with E-state index in [0.717, 1.165) is 18.5 Å². The number of aliphatic imine (C=N–C) groups is 1. The quantitative estimate of drug-likeness (QED) is 0.538. The molecular formula is C7H13N3. The molecule has 0 saturated heterocycles. The maximum absolute atomic E-state index is 5.63. The van der Waals surface area contributed by atoms with E-state index in [9.17, 15) is 0 Å². The molecule has 4 N–H and O–H groups in total. The van der Waals surface area contributed by atoms with Gasteiger partial charge in [-0.1, -0.05) is 6.08 Å². The molecule has 0 fully saturated rings. The largest absolute Gasteiger partial charge is 0.384 e. The Morgan fingerprint density at radius 1 is 1.70 bits per heavy atom. The van der Waals surface area contributed by atoms with Gasteiger partial charge in [0.2, 0.25) is 0 Å². The summed E-state index contributed by atoms with van der Waals surface area (Å²) in [7, 11) is 0. The highest BCUT2D eigenvalue weighted by Crippen LogP contribution is 2.06. The predicted octanol–water partition coefficient (Wildman–Crippen LogP) is 0.0209. The van der Waals surface area contributed by atoms with Crippen LogP contribution in [-0.2, 0) is 0 Å². The Hall–Kier alpha value is -0.830. The Morgan fingerprint density at radius 2 is 2.40 bits per heavy atom. The minimum atomic E-state index is 0.0176. The molecule has 0 radical (unpaired) electrons. The topological polar surface area (TPSA) is 64.4 Å². The zero-order valence-electron chi connectivity index (χ0n) is 6.17. The highest BCUT2D eigenvalue weighted by atomic mass is 14.9. The lowest BCUT2D eigenvalue weighted by atomic mass is 10.1. The molecule has 1 heterocycles. The van der Waals surface area contributed by atoms with Crippen molar-refractivity contribution in [2.75, 3.05) is 6.54 Å². The van der Waals surface area contributed by atoms with Crippen LogP contribution in [0.3, 0.4) is 0 Å². The average molecular weight is 139 g/mol. The van der Waals surface area contributed by atoms with E-state index in [-0.39, 0.29) is 6.04 Å².